The van der Waals surface area contributed by atoms with Crippen LogP contribution in [-0.2, 0) is 14.4 Å². The van der Waals surface area contributed by atoms with Crippen molar-refractivity contribution in [3.8, 4) is 0 Å². The molecule has 0 bridgehead atoms. The van der Waals surface area contributed by atoms with E-state index in [1.165, 1.54) is 0 Å². The Bertz CT molecular complexity index is 266. The average Bonchev–Trinajstić information content (AvgIpc) is 2.27. The summed E-state index contributed by atoms with van der Waals surface area (Å²) in [5.74, 6) is -2.02. The number of amides is 1. The van der Waals surface area contributed by atoms with Crippen LogP contribution in [0.5, 0.6) is 0 Å². The van der Waals surface area contributed by atoms with Gasteiger partial charge >= 0.3 is 5.97 Å². The van der Waals surface area contributed by atoms with E-state index in [1.54, 1.807) is 0 Å². The molecule has 0 aliphatic rings. The summed E-state index contributed by atoms with van der Waals surface area (Å²) < 4.78 is 0. The largest absolute Gasteiger partial charge is 0.481 e. The van der Waals surface area contributed by atoms with Gasteiger partial charge in [-0.2, -0.15) is 0 Å². The normalized spacial score (nSPS) is 10.8. The first-order chi connectivity index (χ1) is 8.31. The second-order valence-electron chi connectivity index (χ2n) is 3.51. The van der Waals surface area contributed by atoms with Crippen molar-refractivity contribution >= 4 is 17.8 Å². The van der Waals surface area contributed by atoms with Crippen molar-refractivity contribution in [2.45, 2.75) is 32.2 Å². The number of carboxylic acid groups (broad SMARTS) is 2. The number of carboxylic acids is 2. The molecular formula is C10H21N3O5. The van der Waals surface area contributed by atoms with Crippen molar-refractivity contribution in [3.63, 3.8) is 0 Å². The van der Waals surface area contributed by atoms with Crippen molar-refractivity contribution < 1.29 is 24.6 Å². The molecule has 0 saturated heterocycles. The molecule has 0 aliphatic heterocycles. The van der Waals surface area contributed by atoms with Gasteiger partial charge in [0.25, 0.3) is 5.97 Å². The molecule has 8 heteroatoms. The number of aliphatic carboxylic acids is 2. The number of unbranched alkanes of at least 4 members (excludes halogenated alkanes) is 1. The fraction of sp³-hybridized carbons (Fsp3) is 0.700. The molecule has 18 heavy (non-hydrogen) atoms. The molecular weight excluding hydrogens is 242 g/mol. The summed E-state index contributed by atoms with van der Waals surface area (Å²) in [6.07, 6.45) is 1.82. The van der Waals surface area contributed by atoms with Crippen LogP contribution >= 0.6 is 0 Å². The van der Waals surface area contributed by atoms with Gasteiger partial charge in [-0.15, -0.1) is 0 Å². The first-order valence-corrected chi connectivity index (χ1v) is 5.46. The van der Waals surface area contributed by atoms with E-state index in [1.807, 2.05) is 0 Å². The van der Waals surface area contributed by atoms with Crippen LogP contribution in [0.15, 0.2) is 0 Å². The molecule has 0 heterocycles. The Labute approximate surface area is 105 Å². The van der Waals surface area contributed by atoms with Gasteiger partial charge in [0.05, 0.1) is 6.54 Å². The fourth-order valence-corrected chi connectivity index (χ4v) is 0.913. The molecule has 1 unspecified atom stereocenters. The third kappa shape index (κ3) is 16.7. The van der Waals surface area contributed by atoms with Gasteiger partial charge in [-0.05, 0) is 19.3 Å². The van der Waals surface area contributed by atoms with Crippen molar-refractivity contribution in [1.82, 2.24) is 5.32 Å². The highest BCUT2D eigenvalue weighted by Gasteiger charge is 2.09. The molecule has 0 saturated carbocycles. The zero-order valence-electron chi connectivity index (χ0n) is 10.4. The number of nitrogens with two attached hydrogens (primary N) is 2. The molecule has 0 aromatic rings. The number of carbonyl (C=O) groups is 3. The van der Waals surface area contributed by atoms with E-state index in [0.717, 1.165) is 6.92 Å². The lowest BCUT2D eigenvalue weighted by Crippen LogP contribution is -2.32. The van der Waals surface area contributed by atoms with Crippen LogP contribution in [-0.4, -0.2) is 47.2 Å². The molecule has 7 N–H and O–H groups in total. The Hall–Kier alpha value is -1.67. The third-order valence-electron chi connectivity index (χ3n) is 1.77. The molecule has 106 valence electrons. The molecule has 0 radical (unpaired) electrons. The maximum Gasteiger partial charge on any atom is 0.320 e. The minimum Gasteiger partial charge on any atom is -0.481 e. The van der Waals surface area contributed by atoms with Crippen LogP contribution in [0.4, 0.5) is 0 Å². The molecule has 0 spiro atoms. The quantitative estimate of drug-likeness (QED) is 0.358. The maximum atomic E-state index is 10.7. The minimum atomic E-state index is -0.990. The summed E-state index contributed by atoms with van der Waals surface area (Å²) in [5, 5.41) is 18.5. The number of rotatable bonds is 7. The van der Waals surface area contributed by atoms with Crippen molar-refractivity contribution in [2.75, 3.05) is 13.1 Å². The molecule has 1 amide bonds. The van der Waals surface area contributed by atoms with E-state index in [9.17, 15) is 9.59 Å². The number of carbonyl (C=O) groups excluding carboxylic acids is 1. The summed E-state index contributed by atoms with van der Waals surface area (Å²) in [4.78, 5) is 30.0. The Morgan fingerprint density at radius 2 is 1.72 bits per heavy atom. The van der Waals surface area contributed by atoms with Crippen molar-refractivity contribution in [2.24, 2.45) is 11.5 Å². The lowest BCUT2D eigenvalue weighted by atomic mass is 10.1. The second kappa shape index (κ2) is 11.8. The Morgan fingerprint density at radius 3 is 2.11 bits per heavy atom. The molecule has 0 fully saturated rings. The Balaban J connectivity index is 0. The number of hydrogen-bond donors (Lipinski definition) is 5. The van der Waals surface area contributed by atoms with E-state index in [2.05, 4.69) is 5.32 Å². The monoisotopic (exact) mass is 263 g/mol. The zero-order chi connectivity index (χ0) is 14.6. The first-order valence-electron chi connectivity index (χ1n) is 5.46. The van der Waals surface area contributed by atoms with Crippen LogP contribution < -0.4 is 16.8 Å². The van der Waals surface area contributed by atoms with Gasteiger partial charge in [-0.3, -0.25) is 14.4 Å². The first kappa shape index (κ1) is 18.7. The highest BCUT2D eigenvalue weighted by molar-refractivity contribution is 5.77. The summed E-state index contributed by atoms with van der Waals surface area (Å²) in [7, 11) is 0. The molecule has 0 rings (SSSR count). The van der Waals surface area contributed by atoms with E-state index in [-0.39, 0.29) is 12.5 Å². The van der Waals surface area contributed by atoms with Crippen LogP contribution in [0.25, 0.3) is 0 Å². The smallest absolute Gasteiger partial charge is 0.320 e. The van der Waals surface area contributed by atoms with Crippen LogP contribution in [0.1, 0.15) is 26.2 Å². The van der Waals surface area contributed by atoms with E-state index >= 15 is 0 Å². The number of hydrogen-bond acceptors (Lipinski definition) is 5. The van der Waals surface area contributed by atoms with Gasteiger partial charge in [0, 0.05) is 13.5 Å². The van der Waals surface area contributed by atoms with Crippen LogP contribution in [0.2, 0.25) is 0 Å². The predicted molar refractivity (Wildman–Crippen MR) is 64.8 cm³/mol. The SMILES string of the molecule is CC(=O)O.NCC(=O)NCCCCC(N)C(=O)O. The zero-order valence-corrected chi connectivity index (χ0v) is 10.4. The third-order valence-corrected chi connectivity index (χ3v) is 1.77. The summed E-state index contributed by atoms with van der Waals surface area (Å²) in [6.45, 7) is 1.58. The van der Waals surface area contributed by atoms with Crippen molar-refractivity contribution in [3.05, 3.63) is 0 Å². The molecule has 0 aromatic heterocycles. The van der Waals surface area contributed by atoms with Crippen molar-refractivity contribution in [1.29, 1.82) is 0 Å². The average molecular weight is 263 g/mol. The topological polar surface area (TPSA) is 156 Å². The number of nitrogens with one attached hydrogen (secondary N) is 1. The molecule has 1 atom stereocenters. The summed E-state index contributed by atoms with van der Waals surface area (Å²) in [6, 6.07) is -0.805. The lowest BCUT2D eigenvalue weighted by molar-refractivity contribution is -0.138. The second-order valence-corrected chi connectivity index (χ2v) is 3.51. The van der Waals surface area contributed by atoms with Gasteiger partial charge in [-0.25, -0.2) is 0 Å². The van der Waals surface area contributed by atoms with Gasteiger partial charge in [0.15, 0.2) is 0 Å². The summed E-state index contributed by atoms with van der Waals surface area (Å²) in [5.41, 5.74) is 10.3. The molecule has 0 aromatic carbocycles. The van der Waals surface area contributed by atoms with Gasteiger partial charge in [0.2, 0.25) is 5.91 Å². The van der Waals surface area contributed by atoms with Gasteiger partial charge in [0.1, 0.15) is 6.04 Å². The summed E-state index contributed by atoms with van der Waals surface area (Å²) >= 11 is 0. The van der Waals surface area contributed by atoms with E-state index < -0.39 is 18.0 Å². The molecule has 0 aliphatic carbocycles. The van der Waals surface area contributed by atoms with Crippen LogP contribution in [0, 0.1) is 0 Å². The van der Waals surface area contributed by atoms with E-state index in [0.29, 0.717) is 25.8 Å². The maximum absolute atomic E-state index is 10.7. The van der Waals surface area contributed by atoms with E-state index in [4.69, 9.17) is 26.5 Å². The van der Waals surface area contributed by atoms with Gasteiger partial charge in [-0.1, -0.05) is 0 Å². The Kier molecular flexibility index (Phi) is 12.3. The highest BCUT2D eigenvalue weighted by atomic mass is 16.4. The molecule has 8 nitrogen and oxygen atoms in total. The minimum absolute atomic E-state index is 0.0192. The predicted octanol–water partition coefficient (Wildman–Crippen LogP) is -1.27. The van der Waals surface area contributed by atoms with Gasteiger partial charge < -0.3 is 27.0 Å². The van der Waals surface area contributed by atoms with Crippen LogP contribution in [0.3, 0.4) is 0 Å². The lowest BCUT2D eigenvalue weighted by Gasteiger charge is -2.06. The fourth-order valence-electron chi connectivity index (χ4n) is 0.913. The highest BCUT2D eigenvalue weighted by Crippen LogP contribution is 1.97. The standard InChI is InChI=1S/C8H17N3O3.C2H4O2/c9-5-7(12)11-4-2-1-3-6(10)8(13)14;1-2(3)4/h6H,1-5,9-10H2,(H,11,12)(H,13,14);1H3,(H,3,4). The Morgan fingerprint density at radius 1 is 1.22 bits per heavy atom.